The number of nitrogens with zero attached hydrogens (tertiary/aromatic N) is 2. The Bertz CT molecular complexity index is 1110. The zero-order chi connectivity index (χ0) is 21.3. The van der Waals surface area contributed by atoms with Crippen LogP contribution in [0.4, 0.5) is 19.0 Å². The number of hydrogen-bond donors (Lipinski definition) is 1. The topological polar surface area (TPSA) is 72.0 Å². The van der Waals surface area contributed by atoms with Gasteiger partial charge >= 0.3 is 6.18 Å². The molecule has 2 aromatic heterocycles. The second kappa shape index (κ2) is 7.62. The summed E-state index contributed by atoms with van der Waals surface area (Å²) in [6.45, 7) is 5.19. The zero-order valence-electron chi connectivity index (χ0n) is 16.0. The van der Waals surface area contributed by atoms with Gasteiger partial charge in [-0.2, -0.15) is 13.2 Å². The summed E-state index contributed by atoms with van der Waals surface area (Å²) < 4.78 is 37.8. The highest BCUT2D eigenvalue weighted by Crippen LogP contribution is 2.29. The van der Waals surface area contributed by atoms with Crippen LogP contribution >= 0.6 is 0 Å². The number of aromatic nitrogens is 2. The van der Waals surface area contributed by atoms with Crippen LogP contribution in [0.25, 0.3) is 21.9 Å². The van der Waals surface area contributed by atoms with Crippen LogP contribution in [0.5, 0.6) is 0 Å². The number of rotatable bonds is 4. The highest BCUT2D eigenvalue weighted by Gasteiger charge is 2.40. The molecule has 0 aliphatic rings. The van der Waals surface area contributed by atoms with Gasteiger partial charge in [0, 0.05) is 29.3 Å². The van der Waals surface area contributed by atoms with Crippen molar-refractivity contribution in [1.82, 2.24) is 9.97 Å². The minimum atomic E-state index is -4.96. The largest absolute Gasteiger partial charge is 0.456 e. The van der Waals surface area contributed by atoms with E-state index in [1.807, 2.05) is 12.1 Å². The number of benzene rings is 1. The number of carbonyl (C=O) groups excluding carboxylic acids is 2. The van der Waals surface area contributed by atoms with E-state index in [1.54, 1.807) is 39.1 Å². The molecule has 150 valence electrons. The van der Waals surface area contributed by atoms with E-state index in [4.69, 9.17) is 0 Å². The predicted octanol–water partition coefficient (Wildman–Crippen LogP) is 4.94. The summed E-state index contributed by atoms with van der Waals surface area (Å²) >= 11 is 0. The van der Waals surface area contributed by atoms with E-state index < -0.39 is 17.7 Å². The molecule has 0 saturated carbocycles. The quantitative estimate of drug-likeness (QED) is 0.628. The van der Waals surface area contributed by atoms with E-state index in [1.165, 1.54) is 6.20 Å². The summed E-state index contributed by atoms with van der Waals surface area (Å²) in [6, 6.07) is 8.33. The van der Waals surface area contributed by atoms with E-state index in [0.29, 0.717) is 16.9 Å². The van der Waals surface area contributed by atoms with E-state index in [-0.39, 0.29) is 11.8 Å². The average Bonchev–Trinajstić information content (AvgIpc) is 2.66. The molecule has 3 rings (SSSR count). The van der Waals surface area contributed by atoms with Crippen LogP contribution in [0.2, 0.25) is 0 Å². The Balaban J connectivity index is 1.92. The van der Waals surface area contributed by atoms with Crippen molar-refractivity contribution in [2.45, 2.75) is 26.9 Å². The molecule has 0 bridgehead atoms. The molecule has 2 heterocycles. The fourth-order valence-electron chi connectivity index (χ4n) is 2.78. The number of halogens is 3. The van der Waals surface area contributed by atoms with Crippen molar-refractivity contribution in [1.29, 1.82) is 0 Å². The number of nitrogens with one attached hydrogen (secondary N) is 1. The van der Waals surface area contributed by atoms with Gasteiger partial charge < -0.3 is 5.32 Å². The number of fused-ring (bicyclic) bond motifs is 1. The normalized spacial score (nSPS) is 11.7. The van der Waals surface area contributed by atoms with Crippen LogP contribution in [0, 0.1) is 12.8 Å². The lowest BCUT2D eigenvalue weighted by Gasteiger charge is -2.11. The maximum Gasteiger partial charge on any atom is 0.456 e. The number of aryl methyl sites for hydroxylation is 1. The lowest BCUT2D eigenvalue weighted by atomic mass is 9.99. The lowest BCUT2D eigenvalue weighted by molar-refractivity contribution is -0.118. The summed E-state index contributed by atoms with van der Waals surface area (Å²) in [4.78, 5) is 31.1. The van der Waals surface area contributed by atoms with Gasteiger partial charge in [0.25, 0.3) is 5.78 Å². The Morgan fingerprint density at radius 2 is 1.72 bits per heavy atom. The molecule has 0 radical (unpaired) electrons. The molecule has 8 heteroatoms. The van der Waals surface area contributed by atoms with Gasteiger partial charge in [-0.15, -0.1) is 0 Å². The van der Waals surface area contributed by atoms with Crippen molar-refractivity contribution >= 4 is 28.3 Å². The first-order valence-corrected chi connectivity index (χ1v) is 8.85. The summed E-state index contributed by atoms with van der Waals surface area (Å²) in [5.74, 6) is -1.83. The summed E-state index contributed by atoms with van der Waals surface area (Å²) in [5.41, 5.74) is 1.21. The number of hydrogen-bond acceptors (Lipinski definition) is 4. The Hall–Kier alpha value is -3.29. The second-order valence-corrected chi connectivity index (χ2v) is 6.99. The number of anilines is 1. The molecule has 29 heavy (non-hydrogen) atoms. The van der Waals surface area contributed by atoms with Crippen molar-refractivity contribution in [3.8, 4) is 11.1 Å². The first kappa shape index (κ1) is 20.4. The van der Waals surface area contributed by atoms with Crippen LogP contribution < -0.4 is 5.32 Å². The molecule has 0 aliphatic carbocycles. The predicted molar refractivity (Wildman–Crippen MR) is 104 cm³/mol. The van der Waals surface area contributed by atoms with Gasteiger partial charge in [0.1, 0.15) is 11.5 Å². The molecule has 0 atom stereocenters. The maximum absolute atomic E-state index is 12.6. The molecule has 1 amide bonds. The highest BCUT2D eigenvalue weighted by atomic mass is 19.4. The number of amides is 1. The van der Waals surface area contributed by atoms with E-state index >= 15 is 0 Å². The third kappa shape index (κ3) is 4.42. The average molecular weight is 401 g/mol. The molecule has 0 spiro atoms. The third-order valence-corrected chi connectivity index (χ3v) is 4.41. The van der Waals surface area contributed by atoms with Gasteiger partial charge in [-0.25, -0.2) is 4.98 Å². The number of Topliss-reactive ketones (excluding diaryl/α,β-unsaturated/α-hetero) is 1. The van der Waals surface area contributed by atoms with Gasteiger partial charge in [-0.3, -0.25) is 14.6 Å². The van der Waals surface area contributed by atoms with E-state index in [2.05, 4.69) is 15.3 Å². The van der Waals surface area contributed by atoms with Crippen LogP contribution in [0.15, 0.2) is 42.7 Å². The smallest absolute Gasteiger partial charge is 0.310 e. The molecular weight excluding hydrogens is 383 g/mol. The SMILES string of the molecule is Cc1cc(C(=O)C(F)(F)F)ncc1-c1ccc2cc(NC(=O)C(C)C)ncc2c1. The Labute approximate surface area is 165 Å². The van der Waals surface area contributed by atoms with Crippen molar-refractivity contribution in [3.63, 3.8) is 0 Å². The Morgan fingerprint density at radius 1 is 1.00 bits per heavy atom. The first-order chi connectivity index (χ1) is 13.6. The van der Waals surface area contributed by atoms with Crippen molar-refractivity contribution in [3.05, 3.63) is 54.0 Å². The lowest BCUT2D eigenvalue weighted by Crippen LogP contribution is -2.23. The molecule has 0 fully saturated rings. The molecule has 0 aliphatic heterocycles. The highest BCUT2D eigenvalue weighted by molar-refractivity contribution is 5.99. The van der Waals surface area contributed by atoms with E-state index in [9.17, 15) is 22.8 Å². The maximum atomic E-state index is 12.6. The number of alkyl halides is 3. The molecule has 1 N–H and O–H groups in total. The summed E-state index contributed by atoms with van der Waals surface area (Å²) in [7, 11) is 0. The molecule has 0 unspecified atom stereocenters. The van der Waals surface area contributed by atoms with Crippen molar-refractivity contribution < 1.29 is 22.8 Å². The van der Waals surface area contributed by atoms with Gasteiger partial charge in [-0.05, 0) is 41.6 Å². The standard InChI is InChI=1S/C21H18F3N3O2/c1-11(2)20(29)27-18-8-13-4-5-14(7-15(13)9-26-18)16-10-25-17(6-12(16)3)19(28)21(22,23)24/h4-11H,1-3H3,(H,26,27,29). The fourth-order valence-corrected chi connectivity index (χ4v) is 2.78. The second-order valence-electron chi connectivity index (χ2n) is 6.99. The van der Waals surface area contributed by atoms with Crippen LogP contribution in [-0.2, 0) is 4.79 Å². The molecule has 0 saturated heterocycles. The fraction of sp³-hybridized carbons (Fsp3) is 0.238. The van der Waals surface area contributed by atoms with Gasteiger partial charge in [-0.1, -0.05) is 26.0 Å². The molecular formula is C21H18F3N3O2. The Morgan fingerprint density at radius 3 is 2.34 bits per heavy atom. The van der Waals surface area contributed by atoms with Crippen molar-refractivity contribution in [2.24, 2.45) is 5.92 Å². The monoisotopic (exact) mass is 401 g/mol. The van der Waals surface area contributed by atoms with Crippen molar-refractivity contribution in [2.75, 3.05) is 5.32 Å². The first-order valence-electron chi connectivity index (χ1n) is 8.85. The van der Waals surface area contributed by atoms with Crippen LogP contribution in [0.1, 0.15) is 29.9 Å². The molecule has 1 aromatic carbocycles. The number of ketones is 1. The van der Waals surface area contributed by atoms with Gasteiger partial charge in [0.2, 0.25) is 5.91 Å². The molecule has 3 aromatic rings. The minimum absolute atomic E-state index is 0.135. The van der Waals surface area contributed by atoms with Crippen LogP contribution in [0.3, 0.4) is 0 Å². The van der Waals surface area contributed by atoms with Gasteiger partial charge in [0.05, 0.1) is 0 Å². The number of carbonyl (C=O) groups is 2. The van der Waals surface area contributed by atoms with Crippen LogP contribution in [-0.4, -0.2) is 27.8 Å². The zero-order valence-corrected chi connectivity index (χ0v) is 16.0. The third-order valence-electron chi connectivity index (χ3n) is 4.41. The summed E-state index contributed by atoms with van der Waals surface area (Å²) in [5, 5.41) is 4.37. The van der Waals surface area contributed by atoms with E-state index in [0.717, 1.165) is 22.4 Å². The minimum Gasteiger partial charge on any atom is -0.310 e. The Kier molecular flexibility index (Phi) is 5.37. The summed E-state index contributed by atoms with van der Waals surface area (Å²) in [6.07, 6.45) is -2.09. The van der Waals surface area contributed by atoms with Gasteiger partial charge in [0.15, 0.2) is 0 Å². The molecule has 5 nitrogen and oxygen atoms in total. The number of pyridine rings is 2.